The van der Waals surface area contributed by atoms with Crippen molar-refractivity contribution in [3.8, 4) is 11.3 Å². The molecule has 1 atom stereocenters. The summed E-state index contributed by atoms with van der Waals surface area (Å²) in [6, 6.07) is 20.7. The van der Waals surface area contributed by atoms with Crippen molar-refractivity contribution in [3.05, 3.63) is 89.6 Å². The van der Waals surface area contributed by atoms with Crippen LogP contribution in [0.5, 0.6) is 0 Å². The third-order valence-electron chi connectivity index (χ3n) is 4.40. The van der Waals surface area contributed by atoms with Crippen molar-refractivity contribution in [2.45, 2.75) is 13.0 Å². The largest absolute Gasteiger partial charge is 0.444 e. The molecule has 1 aromatic heterocycles. The number of amides is 3. The van der Waals surface area contributed by atoms with Crippen LogP contribution in [-0.4, -0.2) is 29.9 Å². The molecule has 0 saturated heterocycles. The number of carbonyl (C=O) groups is 3. The van der Waals surface area contributed by atoms with Gasteiger partial charge in [0.25, 0.3) is 5.91 Å². The Balaban J connectivity index is 1.85. The monoisotopic (exact) mass is 403 g/mol. The van der Waals surface area contributed by atoms with Crippen molar-refractivity contribution >= 4 is 17.9 Å². The van der Waals surface area contributed by atoms with Crippen molar-refractivity contribution in [2.24, 2.45) is 0 Å². The van der Waals surface area contributed by atoms with E-state index in [9.17, 15) is 14.4 Å². The highest BCUT2D eigenvalue weighted by Gasteiger charge is 2.27. The molecule has 2 N–H and O–H groups in total. The van der Waals surface area contributed by atoms with Crippen LogP contribution < -0.4 is 10.6 Å². The summed E-state index contributed by atoms with van der Waals surface area (Å²) >= 11 is 0. The third-order valence-corrected chi connectivity index (χ3v) is 4.40. The maximum Gasteiger partial charge on any atom is 0.341 e. The van der Waals surface area contributed by atoms with Crippen LogP contribution in [0.3, 0.4) is 0 Å². The maximum absolute atomic E-state index is 12.8. The second-order valence-electron chi connectivity index (χ2n) is 6.46. The van der Waals surface area contributed by atoms with Crippen LogP contribution in [0.1, 0.15) is 27.7 Å². The number of rotatable bonds is 5. The zero-order valence-electron chi connectivity index (χ0n) is 16.6. The fourth-order valence-electron chi connectivity index (χ4n) is 2.86. The van der Waals surface area contributed by atoms with Crippen LogP contribution in [0.2, 0.25) is 0 Å². The average Bonchev–Trinajstić information content (AvgIpc) is 2.78. The van der Waals surface area contributed by atoms with Gasteiger partial charge in [-0.15, -0.1) is 0 Å². The number of hydrogen-bond donors (Lipinski definition) is 2. The van der Waals surface area contributed by atoms with Crippen LogP contribution >= 0.6 is 0 Å². The van der Waals surface area contributed by atoms with E-state index in [0.717, 1.165) is 11.3 Å². The number of aryl methyl sites for hydroxylation is 1. The van der Waals surface area contributed by atoms with Crippen molar-refractivity contribution < 1.29 is 19.1 Å². The molecule has 152 valence electrons. The average molecular weight is 403 g/mol. The molecule has 0 spiro atoms. The lowest BCUT2D eigenvalue weighted by Crippen LogP contribution is -2.41. The highest BCUT2D eigenvalue weighted by molar-refractivity contribution is 5.99. The summed E-state index contributed by atoms with van der Waals surface area (Å²) in [6.45, 7) is 1.70. The van der Waals surface area contributed by atoms with Gasteiger partial charge in [-0.1, -0.05) is 60.7 Å². The first kappa shape index (κ1) is 20.7. The Bertz CT molecular complexity index is 1050. The summed E-state index contributed by atoms with van der Waals surface area (Å²) in [5.74, 6) is -1.46. The van der Waals surface area contributed by atoms with E-state index in [2.05, 4.69) is 15.6 Å². The van der Waals surface area contributed by atoms with Crippen molar-refractivity contribution in [2.75, 3.05) is 7.05 Å². The minimum absolute atomic E-state index is 0.239. The van der Waals surface area contributed by atoms with Gasteiger partial charge in [0.2, 0.25) is 6.10 Å². The normalized spacial score (nSPS) is 11.3. The molecule has 3 amide bonds. The summed E-state index contributed by atoms with van der Waals surface area (Å²) in [4.78, 5) is 41.4. The van der Waals surface area contributed by atoms with E-state index in [1.807, 2.05) is 30.3 Å². The highest BCUT2D eigenvalue weighted by atomic mass is 16.5. The first-order valence-electron chi connectivity index (χ1n) is 9.31. The molecule has 1 heterocycles. The number of nitrogens with one attached hydrogen (secondary N) is 2. The number of ether oxygens (including phenoxy) is 1. The predicted octanol–water partition coefficient (Wildman–Crippen LogP) is 3.41. The van der Waals surface area contributed by atoms with E-state index >= 15 is 0 Å². The van der Waals surface area contributed by atoms with Crippen molar-refractivity contribution in [3.63, 3.8) is 0 Å². The van der Waals surface area contributed by atoms with Gasteiger partial charge in [0, 0.05) is 18.2 Å². The first-order valence-corrected chi connectivity index (χ1v) is 9.31. The Morgan fingerprint density at radius 1 is 0.900 bits per heavy atom. The number of pyridine rings is 1. The molecule has 7 heteroatoms. The van der Waals surface area contributed by atoms with Gasteiger partial charge in [0.1, 0.15) is 0 Å². The fraction of sp³-hybridized carbons (Fsp3) is 0.130. The first-order chi connectivity index (χ1) is 14.5. The molecule has 30 heavy (non-hydrogen) atoms. The summed E-state index contributed by atoms with van der Waals surface area (Å²) < 4.78 is 5.49. The summed E-state index contributed by atoms with van der Waals surface area (Å²) in [5, 5.41) is 4.45. The van der Waals surface area contributed by atoms with Gasteiger partial charge < -0.3 is 10.1 Å². The van der Waals surface area contributed by atoms with Gasteiger partial charge in [-0.3, -0.25) is 15.1 Å². The quantitative estimate of drug-likeness (QED) is 0.637. The Labute approximate surface area is 174 Å². The number of carbonyl (C=O) groups excluding carboxylic acids is 3. The second kappa shape index (κ2) is 9.47. The van der Waals surface area contributed by atoms with Crippen LogP contribution in [0.4, 0.5) is 4.79 Å². The molecule has 0 aliphatic rings. The number of hydrogen-bond acceptors (Lipinski definition) is 5. The standard InChI is InChI=1S/C23H21N3O4/c1-15-18(13-14-19(25-15)16-9-5-3-6-10-16)22(28)30-20(17-11-7-4-8-12-17)21(27)26-23(29)24-2/h3-14,20H,1-2H3,(H2,24,26,27,29). The van der Waals surface area contributed by atoms with E-state index in [1.165, 1.54) is 7.05 Å². The van der Waals surface area contributed by atoms with Crippen molar-refractivity contribution in [1.29, 1.82) is 0 Å². The Morgan fingerprint density at radius 3 is 2.13 bits per heavy atom. The lowest BCUT2D eigenvalue weighted by atomic mass is 10.1. The van der Waals surface area contributed by atoms with Crippen molar-refractivity contribution in [1.82, 2.24) is 15.6 Å². The molecule has 0 saturated carbocycles. The number of urea groups is 1. The molecular weight excluding hydrogens is 382 g/mol. The smallest absolute Gasteiger partial charge is 0.341 e. The van der Waals surface area contributed by atoms with Gasteiger partial charge in [-0.05, 0) is 19.1 Å². The zero-order chi connectivity index (χ0) is 21.5. The Morgan fingerprint density at radius 2 is 1.53 bits per heavy atom. The Kier molecular flexibility index (Phi) is 6.54. The van der Waals surface area contributed by atoms with E-state index < -0.39 is 24.0 Å². The molecule has 0 bridgehead atoms. The minimum Gasteiger partial charge on any atom is -0.444 e. The molecule has 0 aliphatic carbocycles. The number of esters is 1. The lowest BCUT2D eigenvalue weighted by Gasteiger charge is -2.18. The molecule has 3 aromatic rings. The molecular formula is C23H21N3O4. The number of nitrogens with zero attached hydrogens (tertiary/aromatic N) is 1. The minimum atomic E-state index is -1.29. The fourth-order valence-corrected chi connectivity index (χ4v) is 2.86. The van der Waals surface area contributed by atoms with E-state index in [4.69, 9.17) is 4.74 Å². The molecule has 0 aliphatic heterocycles. The topological polar surface area (TPSA) is 97.4 Å². The van der Waals surface area contributed by atoms with E-state index in [1.54, 1.807) is 49.4 Å². The maximum atomic E-state index is 12.8. The molecule has 1 unspecified atom stereocenters. The third kappa shape index (κ3) is 4.88. The van der Waals surface area contributed by atoms with Gasteiger partial charge in [0.05, 0.1) is 17.0 Å². The van der Waals surface area contributed by atoms with Gasteiger partial charge in [0.15, 0.2) is 0 Å². The van der Waals surface area contributed by atoms with Gasteiger partial charge in [-0.25, -0.2) is 9.59 Å². The number of benzene rings is 2. The van der Waals surface area contributed by atoms with Crippen LogP contribution in [-0.2, 0) is 9.53 Å². The van der Waals surface area contributed by atoms with Crippen LogP contribution in [0, 0.1) is 6.92 Å². The van der Waals surface area contributed by atoms with Gasteiger partial charge in [-0.2, -0.15) is 0 Å². The molecule has 3 rings (SSSR count). The molecule has 0 fully saturated rings. The molecule has 0 radical (unpaired) electrons. The number of aromatic nitrogens is 1. The predicted molar refractivity (Wildman–Crippen MR) is 112 cm³/mol. The SMILES string of the molecule is CNC(=O)NC(=O)C(OC(=O)c1ccc(-c2ccccc2)nc1C)c1ccccc1. The van der Waals surface area contributed by atoms with E-state index in [-0.39, 0.29) is 5.56 Å². The summed E-state index contributed by atoms with van der Waals surface area (Å²) in [6.07, 6.45) is -1.29. The summed E-state index contributed by atoms with van der Waals surface area (Å²) in [5.41, 5.74) is 2.80. The summed E-state index contributed by atoms with van der Waals surface area (Å²) in [7, 11) is 1.38. The second-order valence-corrected chi connectivity index (χ2v) is 6.46. The van der Waals surface area contributed by atoms with Gasteiger partial charge >= 0.3 is 12.0 Å². The highest BCUT2D eigenvalue weighted by Crippen LogP contribution is 2.23. The van der Waals surface area contributed by atoms with Crippen LogP contribution in [0.15, 0.2) is 72.8 Å². The lowest BCUT2D eigenvalue weighted by molar-refractivity contribution is -0.129. The van der Waals surface area contributed by atoms with Crippen LogP contribution in [0.25, 0.3) is 11.3 Å². The number of imide groups is 1. The Hall–Kier alpha value is -4.00. The molecule has 7 nitrogen and oxygen atoms in total. The van der Waals surface area contributed by atoms with E-state index in [0.29, 0.717) is 11.3 Å². The zero-order valence-corrected chi connectivity index (χ0v) is 16.6. The molecule has 2 aromatic carbocycles.